The predicted octanol–water partition coefficient (Wildman–Crippen LogP) is 3.85. The highest BCUT2D eigenvalue weighted by atomic mass is 16.6. The molecule has 0 aromatic heterocycles. The van der Waals surface area contributed by atoms with Gasteiger partial charge in [0, 0.05) is 13.6 Å². The summed E-state index contributed by atoms with van der Waals surface area (Å²) in [6.45, 7) is 5.99. The fourth-order valence-corrected chi connectivity index (χ4v) is 2.35. The lowest BCUT2D eigenvalue weighted by atomic mass is 10.2. The molecule has 7 heteroatoms. The van der Waals surface area contributed by atoms with E-state index in [0.29, 0.717) is 18.0 Å². The number of esters is 1. The molecule has 156 valence electrons. The Kier molecular flexibility index (Phi) is 7.61. The van der Waals surface area contributed by atoms with Crippen LogP contribution in [0.1, 0.15) is 31.9 Å². The molecule has 0 saturated heterocycles. The van der Waals surface area contributed by atoms with E-state index >= 15 is 0 Å². The van der Waals surface area contributed by atoms with Crippen LogP contribution in [0.4, 0.5) is 4.79 Å². The summed E-state index contributed by atoms with van der Waals surface area (Å²) in [6, 6.07) is 14.7. The maximum absolute atomic E-state index is 12.0. The molecule has 0 aliphatic rings. The number of nitrogens with zero attached hydrogens (tertiary/aromatic N) is 1. The SMILES string of the molecule is CN(Cc1ccc(Oc2ccc(COC(=O)CN)cc2)cc1)C(=O)OC(C)(C)C. The second-order valence-corrected chi connectivity index (χ2v) is 7.59. The van der Waals surface area contributed by atoms with Crippen LogP contribution in [0.2, 0.25) is 0 Å². The number of rotatable bonds is 7. The largest absolute Gasteiger partial charge is 0.460 e. The number of hydrogen-bond donors (Lipinski definition) is 1. The second-order valence-electron chi connectivity index (χ2n) is 7.59. The molecular weight excluding hydrogens is 372 g/mol. The molecular formula is C22H28N2O5. The molecule has 2 aromatic rings. The molecule has 0 bridgehead atoms. The first-order valence-electron chi connectivity index (χ1n) is 9.32. The third kappa shape index (κ3) is 7.83. The summed E-state index contributed by atoms with van der Waals surface area (Å²) in [7, 11) is 1.70. The Labute approximate surface area is 171 Å². The maximum atomic E-state index is 12.0. The molecule has 29 heavy (non-hydrogen) atoms. The molecule has 0 saturated carbocycles. The lowest BCUT2D eigenvalue weighted by Gasteiger charge is -2.24. The Morgan fingerprint density at radius 3 is 1.93 bits per heavy atom. The Hall–Kier alpha value is -3.06. The average Bonchev–Trinajstić information content (AvgIpc) is 2.67. The summed E-state index contributed by atoms with van der Waals surface area (Å²) in [6.07, 6.45) is -0.366. The number of nitrogens with two attached hydrogens (primary N) is 1. The number of carbonyl (C=O) groups excluding carboxylic acids is 2. The van der Waals surface area contributed by atoms with Crippen LogP contribution in [-0.4, -0.2) is 36.2 Å². The summed E-state index contributed by atoms with van der Waals surface area (Å²) >= 11 is 0. The van der Waals surface area contributed by atoms with Crippen molar-refractivity contribution in [2.75, 3.05) is 13.6 Å². The monoisotopic (exact) mass is 400 g/mol. The predicted molar refractivity (Wildman–Crippen MR) is 110 cm³/mol. The molecule has 0 atom stereocenters. The molecule has 0 fully saturated rings. The van der Waals surface area contributed by atoms with Crippen molar-refractivity contribution >= 4 is 12.1 Å². The summed E-state index contributed by atoms with van der Waals surface area (Å²) < 4.78 is 16.2. The van der Waals surface area contributed by atoms with Gasteiger partial charge >= 0.3 is 12.1 Å². The van der Waals surface area contributed by atoms with E-state index in [2.05, 4.69) is 0 Å². The van der Waals surface area contributed by atoms with Gasteiger partial charge in [-0.1, -0.05) is 24.3 Å². The van der Waals surface area contributed by atoms with E-state index < -0.39 is 11.6 Å². The second kappa shape index (κ2) is 9.93. The number of ether oxygens (including phenoxy) is 3. The van der Waals surface area contributed by atoms with Crippen molar-refractivity contribution in [1.29, 1.82) is 0 Å². The smallest absolute Gasteiger partial charge is 0.410 e. The highest BCUT2D eigenvalue weighted by Gasteiger charge is 2.19. The van der Waals surface area contributed by atoms with Gasteiger partial charge in [0.25, 0.3) is 0 Å². The highest BCUT2D eigenvalue weighted by Crippen LogP contribution is 2.23. The third-order valence-electron chi connectivity index (χ3n) is 3.77. The van der Waals surface area contributed by atoms with Gasteiger partial charge < -0.3 is 24.8 Å². The third-order valence-corrected chi connectivity index (χ3v) is 3.77. The van der Waals surface area contributed by atoms with Gasteiger partial charge in [0.15, 0.2) is 0 Å². The van der Waals surface area contributed by atoms with E-state index in [-0.39, 0.29) is 19.2 Å². The molecule has 1 amide bonds. The van der Waals surface area contributed by atoms with Crippen molar-refractivity contribution in [1.82, 2.24) is 4.90 Å². The fourth-order valence-electron chi connectivity index (χ4n) is 2.35. The molecule has 0 spiro atoms. The maximum Gasteiger partial charge on any atom is 0.410 e. The van der Waals surface area contributed by atoms with E-state index in [0.717, 1.165) is 11.1 Å². The number of benzene rings is 2. The normalized spacial score (nSPS) is 10.9. The highest BCUT2D eigenvalue weighted by molar-refractivity contribution is 5.71. The van der Waals surface area contributed by atoms with Crippen LogP contribution in [-0.2, 0) is 27.4 Å². The summed E-state index contributed by atoms with van der Waals surface area (Å²) in [5.74, 6) is 0.899. The molecule has 2 rings (SSSR count). The lowest BCUT2D eigenvalue weighted by Crippen LogP contribution is -2.33. The van der Waals surface area contributed by atoms with Gasteiger partial charge in [-0.25, -0.2) is 4.79 Å². The first-order valence-corrected chi connectivity index (χ1v) is 9.32. The number of hydrogen-bond acceptors (Lipinski definition) is 6. The molecule has 0 aliphatic heterocycles. The lowest BCUT2D eigenvalue weighted by molar-refractivity contribution is -0.143. The van der Waals surface area contributed by atoms with Crippen LogP contribution in [0, 0.1) is 0 Å². The Morgan fingerprint density at radius 2 is 1.45 bits per heavy atom. The van der Waals surface area contributed by atoms with E-state index in [1.165, 1.54) is 4.90 Å². The van der Waals surface area contributed by atoms with Crippen LogP contribution < -0.4 is 10.5 Å². The number of carbonyl (C=O) groups is 2. The van der Waals surface area contributed by atoms with Crippen molar-refractivity contribution in [2.24, 2.45) is 5.73 Å². The zero-order valence-corrected chi connectivity index (χ0v) is 17.3. The van der Waals surface area contributed by atoms with Crippen molar-refractivity contribution in [3.63, 3.8) is 0 Å². The molecule has 7 nitrogen and oxygen atoms in total. The molecule has 0 radical (unpaired) electrons. The Balaban J connectivity index is 1.88. The molecule has 2 aromatic carbocycles. The summed E-state index contributed by atoms with van der Waals surface area (Å²) in [4.78, 5) is 24.7. The van der Waals surface area contributed by atoms with Crippen molar-refractivity contribution in [3.05, 3.63) is 59.7 Å². The average molecular weight is 400 g/mol. The van der Waals surface area contributed by atoms with E-state index in [1.54, 1.807) is 19.2 Å². The molecule has 0 heterocycles. The zero-order valence-electron chi connectivity index (χ0n) is 17.3. The standard InChI is InChI=1S/C22H28N2O5/c1-22(2,3)29-21(26)24(4)14-16-5-9-18(10-6-16)28-19-11-7-17(8-12-19)15-27-20(25)13-23/h5-12H,13-15,23H2,1-4H3. The summed E-state index contributed by atoms with van der Waals surface area (Å²) in [5, 5.41) is 0. The van der Waals surface area contributed by atoms with Crippen LogP contribution in [0.5, 0.6) is 11.5 Å². The van der Waals surface area contributed by atoms with Crippen molar-refractivity contribution < 1.29 is 23.8 Å². The van der Waals surface area contributed by atoms with Crippen LogP contribution in [0.15, 0.2) is 48.5 Å². The first kappa shape index (κ1) is 22.2. The van der Waals surface area contributed by atoms with Gasteiger partial charge in [0.05, 0.1) is 6.54 Å². The Bertz CT molecular complexity index is 811. The minimum Gasteiger partial charge on any atom is -0.460 e. The quantitative estimate of drug-likeness (QED) is 0.710. The van der Waals surface area contributed by atoms with Crippen molar-refractivity contribution in [2.45, 2.75) is 39.5 Å². The van der Waals surface area contributed by atoms with Crippen LogP contribution in [0.3, 0.4) is 0 Å². The van der Waals surface area contributed by atoms with E-state index in [4.69, 9.17) is 19.9 Å². The minimum absolute atomic E-state index is 0.134. The molecule has 0 unspecified atom stereocenters. The topological polar surface area (TPSA) is 91.1 Å². The van der Waals surface area contributed by atoms with E-state index in [1.807, 2.05) is 57.2 Å². The van der Waals surface area contributed by atoms with Gasteiger partial charge in [0.1, 0.15) is 23.7 Å². The summed E-state index contributed by atoms with van der Waals surface area (Å²) in [5.41, 5.74) is 6.49. The minimum atomic E-state index is -0.523. The number of amides is 1. The van der Waals surface area contributed by atoms with Crippen LogP contribution >= 0.6 is 0 Å². The molecule has 2 N–H and O–H groups in total. The van der Waals surface area contributed by atoms with E-state index in [9.17, 15) is 9.59 Å². The molecule has 0 aliphatic carbocycles. The van der Waals surface area contributed by atoms with Crippen LogP contribution in [0.25, 0.3) is 0 Å². The van der Waals surface area contributed by atoms with Gasteiger partial charge in [-0.2, -0.15) is 0 Å². The van der Waals surface area contributed by atoms with Gasteiger partial charge in [0.2, 0.25) is 0 Å². The fraction of sp³-hybridized carbons (Fsp3) is 0.364. The van der Waals surface area contributed by atoms with Gasteiger partial charge in [-0.15, -0.1) is 0 Å². The zero-order chi connectivity index (χ0) is 21.4. The van der Waals surface area contributed by atoms with Gasteiger partial charge in [-0.05, 0) is 56.2 Å². The Morgan fingerprint density at radius 1 is 0.931 bits per heavy atom. The van der Waals surface area contributed by atoms with Crippen molar-refractivity contribution in [3.8, 4) is 11.5 Å². The van der Waals surface area contributed by atoms with Gasteiger partial charge in [-0.3, -0.25) is 4.79 Å². The first-order chi connectivity index (χ1) is 13.7.